The minimum Gasteiger partial charge on any atom is -0.461 e. The Kier molecular flexibility index (Phi) is 6.16. The minimum absolute atomic E-state index is 0.114. The molecule has 6 nitrogen and oxygen atoms in total. The van der Waals surface area contributed by atoms with E-state index in [1.807, 2.05) is 42.5 Å². The van der Waals surface area contributed by atoms with Crippen molar-refractivity contribution in [2.24, 2.45) is 5.84 Å². The first-order chi connectivity index (χ1) is 14.0. The predicted octanol–water partition coefficient (Wildman–Crippen LogP) is 3.57. The van der Waals surface area contributed by atoms with Crippen LogP contribution in [0.3, 0.4) is 0 Å². The summed E-state index contributed by atoms with van der Waals surface area (Å²) in [6.45, 7) is 1.44. The molecule has 146 valence electrons. The smallest absolute Gasteiger partial charge is 0.302 e. The molecule has 0 saturated carbocycles. The van der Waals surface area contributed by atoms with Crippen molar-refractivity contribution in [2.75, 3.05) is 0 Å². The topological polar surface area (TPSA) is 89.7 Å². The van der Waals surface area contributed by atoms with Crippen LogP contribution in [0.15, 0.2) is 78.9 Å². The first kappa shape index (κ1) is 20.0. The zero-order valence-corrected chi connectivity index (χ0v) is 15.9. The van der Waals surface area contributed by atoms with Crippen molar-refractivity contribution in [1.29, 1.82) is 0 Å². The Bertz CT molecular complexity index is 1010. The molecule has 0 aliphatic rings. The van der Waals surface area contributed by atoms with Gasteiger partial charge in [-0.25, -0.2) is 10.9 Å². The summed E-state index contributed by atoms with van der Waals surface area (Å²) in [6, 6.07) is 23.0. The van der Waals surface area contributed by atoms with Crippen LogP contribution in [0, 0.1) is 0 Å². The summed E-state index contributed by atoms with van der Waals surface area (Å²) < 4.78 is 4.90. The highest BCUT2D eigenvalue weighted by atomic mass is 16.5. The summed E-state index contributed by atoms with van der Waals surface area (Å²) in [5, 5.41) is 0.596. The fourth-order valence-corrected chi connectivity index (χ4v) is 2.73. The summed E-state index contributed by atoms with van der Waals surface area (Å²) in [4.78, 5) is 36.0. The number of imide groups is 1. The van der Waals surface area contributed by atoms with E-state index in [-0.39, 0.29) is 18.1 Å². The Morgan fingerprint density at radius 2 is 1.24 bits per heavy atom. The maximum Gasteiger partial charge on any atom is 0.302 e. The molecular formula is C23H20N2O4. The van der Waals surface area contributed by atoms with Crippen molar-refractivity contribution in [2.45, 2.75) is 13.5 Å². The SMILES string of the molecule is CC(=O)OCc1ccc(C(=O)N(N)C(=O)c2ccc(-c3ccccc3)cc2)cc1. The van der Waals surface area contributed by atoms with E-state index in [0.717, 1.165) is 16.7 Å². The van der Waals surface area contributed by atoms with Crippen LogP contribution in [-0.4, -0.2) is 22.8 Å². The van der Waals surface area contributed by atoms with Crippen molar-refractivity contribution in [3.8, 4) is 11.1 Å². The van der Waals surface area contributed by atoms with Crippen LogP contribution < -0.4 is 5.84 Å². The largest absolute Gasteiger partial charge is 0.461 e. The Hall–Kier alpha value is -3.77. The van der Waals surface area contributed by atoms with Gasteiger partial charge in [0.2, 0.25) is 0 Å². The molecule has 0 heterocycles. The molecule has 0 aliphatic heterocycles. The standard InChI is InChI=1S/C23H20N2O4/c1-16(26)29-15-17-7-9-20(10-8-17)22(27)25(24)23(28)21-13-11-19(12-14-21)18-5-3-2-4-6-18/h2-14H,15,24H2,1H3. The molecule has 0 atom stereocenters. The number of hydrogen-bond acceptors (Lipinski definition) is 5. The molecular weight excluding hydrogens is 368 g/mol. The number of nitrogens with zero attached hydrogens (tertiary/aromatic N) is 1. The second-order valence-electron chi connectivity index (χ2n) is 6.40. The number of benzene rings is 3. The first-order valence-electron chi connectivity index (χ1n) is 8.97. The number of rotatable bonds is 5. The van der Waals surface area contributed by atoms with Crippen LogP contribution in [0.2, 0.25) is 0 Å². The Morgan fingerprint density at radius 3 is 1.76 bits per heavy atom. The second-order valence-corrected chi connectivity index (χ2v) is 6.40. The van der Waals surface area contributed by atoms with E-state index >= 15 is 0 Å². The van der Waals surface area contributed by atoms with E-state index in [2.05, 4.69) is 0 Å². The van der Waals surface area contributed by atoms with E-state index in [0.29, 0.717) is 10.6 Å². The van der Waals surface area contributed by atoms with E-state index in [9.17, 15) is 14.4 Å². The first-order valence-corrected chi connectivity index (χ1v) is 8.97. The molecule has 0 fully saturated rings. The molecule has 0 bridgehead atoms. The monoisotopic (exact) mass is 388 g/mol. The van der Waals surface area contributed by atoms with Gasteiger partial charge in [-0.1, -0.05) is 54.6 Å². The zero-order chi connectivity index (χ0) is 20.8. The molecule has 3 aromatic carbocycles. The molecule has 0 saturated heterocycles. The third-order valence-electron chi connectivity index (χ3n) is 4.32. The Morgan fingerprint density at radius 1 is 0.759 bits per heavy atom. The Labute approximate surface area is 168 Å². The Balaban J connectivity index is 1.69. The summed E-state index contributed by atoms with van der Waals surface area (Å²) in [7, 11) is 0. The molecule has 0 unspecified atom stereocenters. The van der Waals surface area contributed by atoms with Crippen LogP contribution in [0.1, 0.15) is 33.2 Å². The molecule has 3 rings (SSSR count). The minimum atomic E-state index is -0.624. The van der Waals surface area contributed by atoms with Crippen LogP contribution >= 0.6 is 0 Å². The molecule has 29 heavy (non-hydrogen) atoms. The fraction of sp³-hybridized carbons (Fsp3) is 0.0870. The van der Waals surface area contributed by atoms with Gasteiger partial charge in [-0.15, -0.1) is 0 Å². The number of amides is 2. The lowest BCUT2D eigenvalue weighted by molar-refractivity contribution is -0.142. The normalized spacial score (nSPS) is 10.3. The van der Waals surface area contributed by atoms with E-state index in [1.165, 1.54) is 19.1 Å². The molecule has 2 amide bonds. The van der Waals surface area contributed by atoms with Crippen LogP contribution in [0.25, 0.3) is 11.1 Å². The second kappa shape index (κ2) is 8.95. The highest BCUT2D eigenvalue weighted by Gasteiger charge is 2.21. The lowest BCUT2D eigenvalue weighted by Crippen LogP contribution is -2.42. The van der Waals surface area contributed by atoms with E-state index < -0.39 is 11.8 Å². The highest BCUT2D eigenvalue weighted by Crippen LogP contribution is 2.20. The number of carbonyl (C=O) groups is 3. The number of carbonyl (C=O) groups excluding carboxylic acids is 3. The summed E-state index contributed by atoms with van der Waals surface area (Å²) in [5.74, 6) is 4.17. The number of esters is 1. The summed E-state index contributed by atoms with van der Waals surface area (Å²) in [5.41, 5.74) is 3.28. The van der Waals surface area contributed by atoms with Gasteiger partial charge < -0.3 is 4.74 Å². The maximum absolute atomic E-state index is 12.6. The highest BCUT2D eigenvalue weighted by molar-refractivity contribution is 6.09. The lowest BCUT2D eigenvalue weighted by atomic mass is 10.0. The van der Waals surface area contributed by atoms with Crippen molar-refractivity contribution in [3.05, 3.63) is 95.6 Å². The molecule has 0 aromatic heterocycles. The van der Waals surface area contributed by atoms with Crippen molar-refractivity contribution in [3.63, 3.8) is 0 Å². The van der Waals surface area contributed by atoms with Gasteiger partial charge in [-0.3, -0.25) is 14.4 Å². The van der Waals surface area contributed by atoms with Gasteiger partial charge in [0.1, 0.15) is 6.61 Å². The third-order valence-corrected chi connectivity index (χ3v) is 4.32. The molecule has 0 radical (unpaired) electrons. The van der Waals surface area contributed by atoms with Gasteiger partial charge in [0.15, 0.2) is 0 Å². The maximum atomic E-state index is 12.6. The number of nitrogens with two attached hydrogens (primary N) is 1. The third kappa shape index (κ3) is 4.94. The average molecular weight is 388 g/mol. The molecule has 2 N–H and O–H groups in total. The average Bonchev–Trinajstić information content (AvgIpc) is 2.77. The molecule has 3 aromatic rings. The number of hydrazine groups is 1. The molecule has 0 spiro atoms. The lowest BCUT2D eigenvalue weighted by Gasteiger charge is -2.15. The zero-order valence-electron chi connectivity index (χ0n) is 15.9. The number of hydrogen-bond donors (Lipinski definition) is 1. The predicted molar refractivity (Wildman–Crippen MR) is 108 cm³/mol. The van der Waals surface area contributed by atoms with Crippen molar-refractivity contribution < 1.29 is 19.1 Å². The fourth-order valence-electron chi connectivity index (χ4n) is 2.73. The van der Waals surface area contributed by atoms with Crippen LogP contribution in [0.5, 0.6) is 0 Å². The van der Waals surface area contributed by atoms with Crippen LogP contribution in [0.4, 0.5) is 0 Å². The molecule has 0 aliphatic carbocycles. The van der Waals surface area contributed by atoms with E-state index in [4.69, 9.17) is 10.6 Å². The quantitative estimate of drug-likeness (QED) is 0.237. The van der Waals surface area contributed by atoms with Gasteiger partial charge in [-0.2, -0.15) is 0 Å². The molecule has 6 heteroatoms. The van der Waals surface area contributed by atoms with Gasteiger partial charge in [0.05, 0.1) is 0 Å². The van der Waals surface area contributed by atoms with Crippen molar-refractivity contribution in [1.82, 2.24) is 5.01 Å². The van der Waals surface area contributed by atoms with Gasteiger partial charge in [0.25, 0.3) is 11.8 Å². The van der Waals surface area contributed by atoms with Gasteiger partial charge in [0, 0.05) is 18.1 Å². The van der Waals surface area contributed by atoms with Gasteiger partial charge >= 0.3 is 5.97 Å². The summed E-state index contributed by atoms with van der Waals surface area (Å²) >= 11 is 0. The van der Waals surface area contributed by atoms with Gasteiger partial charge in [-0.05, 0) is 41.0 Å². The van der Waals surface area contributed by atoms with E-state index in [1.54, 1.807) is 24.3 Å². The summed E-state index contributed by atoms with van der Waals surface area (Å²) in [6.07, 6.45) is 0. The number of ether oxygens (including phenoxy) is 1. The van der Waals surface area contributed by atoms with Crippen LogP contribution in [-0.2, 0) is 16.1 Å². The van der Waals surface area contributed by atoms with Crippen molar-refractivity contribution >= 4 is 17.8 Å².